The van der Waals surface area contributed by atoms with Crippen LogP contribution in [-0.2, 0) is 0 Å². The summed E-state index contributed by atoms with van der Waals surface area (Å²) in [5, 5.41) is 8.98. The highest BCUT2D eigenvalue weighted by Gasteiger charge is 2.30. The van der Waals surface area contributed by atoms with E-state index in [0.717, 1.165) is 5.92 Å². The zero-order chi connectivity index (χ0) is 6.97. The Labute approximate surface area is 61.8 Å². The molecule has 1 nitrogen and oxygen atoms in total. The maximum atomic E-state index is 8.98. The van der Waals surface area contributed by atoms with Gasteiger partial charge in [-0.05, 0) is 37.0 Å². The quantitative estimate of drug-likeness (QED) is 0.545. The summed E-state index contributed by atoms with van der Waals surface area (Å²) < 4.78 is 0. The van der Waals surface area contributed by atoms with E-state index >= 15 is 0 Å². The minimum atomic E-state index is 0.394. The molecule has 1 saturated carbocycles. The van der Waals surface area contributed by atoms with E-state index in [0.29, 0.717) is 18.4 Å². The van der Waals surface area contributed by atoms with Gasteiger partial charge < -0.3 is 5.11 Å². The van der Waals surface area contributed by atoms with Crippen molar-refractivity contribution in [3.05, 3.63) is 12.2 Å². The van der Waals surface area contributed by atoms with Gasteiger partial charge in [-0.1, -0.05) is 12.2 Å². The van der Waals surface area contributed by atoms with Gasteiger partial charge in [0.05, 0.1) is 0 Å². The highest BCUT2D eigenvalue weighted by molar-refractivity contribution is 5.05. The number of aliphatic hydroxyl groups is 1. The van der Waals surface area contributed by atoms with Gasteiger partial charge in [-0.2, -0.15) is 0 Å². The summed E-state index contributed by atoms with van der Waals surface area (Å²) in [4.78, 5) is 0. The molecule has 1 fully saturated rings. The first-order valence-electron chi connectivity index (χ1n) is 4.19. The van der Waals surface area contributed by atoms with Crippen molar-refractivity contribution in [3.63, 3.8) is 0 Å². The van der Waals surface area contributed by atoms with Crippen LogP contribution in [0.15, 0.2) is 12.2 Å². The number of fused-ring (bicyclic) bond motifs is 2. The van der Waals surface area contributed by atoms with Gasteiger partial charge in [0.15, 0.2) is 0 Å². The second kappa shape index (κ2) is 2.39. The van der Waals surface area contributed by atoms with Crippen LogP contribution in [0, 0.1) is 17.8 Å². The molecule has 3 aliphatic rings. The summed E-state index contributed by atoms with van der Waals surface area (Å²) >= 11 is 0. The molecule has 0 unspecified atom stereocenters. The lowest BCUT2D eigenvalue weighted by molar-refractivity contribution is 0.129. The molecule has 3 rings (SSSR count). The molecule has 3 aliphatic carbocycles. The molecule has 0 spiro atoms. The Bertz CT molecular complexity index is 151. The number of rotatable bonds is 1. The van der Waals surface area contributed by atoms with Crippen molar-refractivity contribution in [1.29, 1.82) is 0 Å². The zero-order valence-electron chi connectivity index (χ0n) is 6.16. The summed E-state index contributed by atoms with van der Waals surface area (Å²) in [6.07, 6.45) is 8.54. The van der Waals surface area contributed by atoms with Crippen LogP contribution in [0.1, 0.15) is 19.3 Å². The lowest BCUT2D eigenvalue weighted by atomic mass is 9.69. The first kappa shape index (κ1) is 6.41. The van der Waals surface area contributed by atoms with Crippen molar-refractivity contribution in [2.45, 2.75) is 19.3 Å². The Morgan fingerprint density at radius 2 is 2.20 bits per heavy atom. The summed E-state index contributed by atoms with van der Waals surface area (Å²) in [5.41, 5.74) is 0. The monoisotopic (exact) mass is 138 g/mol. The molecular formula is C9H14O. The number of allylic oxidation sites excluding steroid dienone is 2. The number of aliphatic hydroxyl groups excluding tert-OH is 1. The van der Waals surface area contributed by atoms with Gasteiger partial charge in [0, 0.05) is 6.61 Å². The third-order valence-corrected chi connectivity index (χ3v) is 2.95. The standard InChI is InChI=1S/C9H14O/c10-6-9-5-7-1-3-8(9)4-2-7/h1,3,7-10H,2,4-6H2/t7-,8+,9-/m1/s1. The van der Waals surface area contributed by atoms with Crippen LogP contribution in [0.2, 0.25) is 0 Å². The van der Waals surface area contributed by atoms with Crippen molar-refractivity contribution in [2.75, 3.05) is 6.61 Å². The molecule has 0 amide bonds. The van der Waals surface area contributed by atoms with E-state index in [9.17, 15) is 0 Å². The molecule has 3 atom stereocenters. The van der Waals surface area contributed by atoms with Crippen molar-refractivity contribution < 1.29 is 5.11 Å². The SMILES string of the molecule is OC[C@H]1C[C@@H]2C=C[C@H]1CC2. The first-order chi connectivity index (χ1) is 4.90. The largest absolute Gasteiger partial charge is 0.396 e. The molecule has 1 heteroatoms. The van der Waals surface area contributed by atoms with Gasteiger partial charge in [-0.3, -0.25) is 0 Å². The molecule has 2 bridgehead atoms. The van der Waals surface area contributed by atoms with Crippen molar-refractivity contribution in [1.82, 2.24) is 0 Å². The molecule has 10 heavy (non-hydrogen) atoms. The minimum absolute atomic E-state index is 0.394. The molecule has 56 valence electrons. The topological polar surface area (TPSA) is 20.2 Å². The van der Waals surface area contributed by atoms with Gasteiger partial charge >= 0.3 is 0 Å². The van der Waals surface area contributed by atoms with Gasteiger partial charge in [0.1, 0.15) is 0 Å². The molecule has 0 aliphatic heterocycles. The summed E-state index contributed by atoms with van der Waals surface area (Å²) in [7, 11) is 0. The average Bonchev–Trinajstić information content (AvgIpc) is 2.06. The van der Waals surface area contributed by atoms with E-state index in [1.807, 2.05) is 0 Å². The molecule has 0 aromatic rings. The van der Waals surface area contributed by atoms with Crippen molar-refractivity contribution in [3.8, 4) is 0 Å². The molecule has 0 radical (unpaired) electrons. The van der Waals surface area contributed by atoms with Crippen LogP contribution in [0.5, 0.6) is 0 Å². The Morgan fingerprint density at radius 3 is 2.50 bits per heavy atom. The van der Waals surface area contributed by atoms with Crippen LogP contribution in [0.25, 0.3) is 0 Å². The van der Waals surface area contributed by atoms with E-state index in [-0.39, 0.29) is 0 Å². The Morgan fingerprint density at radius 1 is 1.30 bits per heavy atom. The highest BCUT2D eigenvalue weighted by Crippen LogP contribution is 2.39. The summed E-state index contributed by atoms with van der Waals surface area (Å²) in [6.45, 7) is 0.394. The normalized spacial score (nSPS) is 44.3. The third-order valence-electron chi connectivity index (χ3n) is 2.95. The Hall–Kier alpha value is -0.300. The van der Waals surface area contributed by atoms with E-state index in [1.165, 1.54) is 19.3 Å². The fourth-order valence-corrected chi connectivity index (χ4v) is 2.26. The molecule has 1 N–H and O–H groups in total. The van der Waals surface area contributed by atoms with Crippen LogP contribution >= 0.6 is 0 Å². The molecule has 0 heterocycles. The Balaban J connectivity index is 2.11. The van der Waals surface area contributed by atoms with Crippen LogP contribution in [-0.4, -0.2) is 11.7 Å². The molecular weight excluding hydrogens is 124 g/mol. The van der Waals surface area contributed by atoms with Gasteiger partial charge in [-0.25, -0.2) is 0 Å². The van der Waals surface area contributed by atoms with E-state index in [4.69, 9.17) is 5.11 Å². The van der Waals surface area contributed by atoms with Crippen LogP contribution in [0.3, 0.4) is 0 Å². The summed E-state index contributed by atoms with van der Waals surface area (Å²) in [6, 6.07) is 0. The van der Waals surface area contributed by atoms with Gasteiger partial charge in [0.2, 0.25) is 0 Å². The maximum Gasteiger partial charge on any atom is 0.0465 e. The smallest absolute Gasteiger partial charge is 0.0465 e. The minimum Gasteiger partial charge on any atom is -0.396 e. The summed E-state index contributed by atoms with van der Waals surface area (Å²) in [5.74, 6) is 2.08. The van der Waals surface area contributed by atoms with Gasteiger partial charge in [-0.15, -0.1) is 0 Å². The number of hydrogen-bond acceptors (Lipinski definition) is 1. The average molecular weight is 138 g/mol. The fourth-order valence-electron chi connectivity index (χ4n) is 2.26. The number of hydrogen-bond donors (Lipinski definition) is 1. The van der Waals surface area contributed by atoms with Crippen molar-refractivity contribution >= 4 is 0 Å². The highest BCUT2D eigenvalue weighted by atomic mass is 16.3. The van der Waals surface area contributed by atoms with E-state index in [1.54, 1.807) is 0 Å². The lowest BCUT2D eigenvalue weighted by Crippen LogP contribution is -2.29. The Kier molecular flexibility index (Phi) is 1.53. The predicted octanol–water partition coefficient (Wildman–Crippen LogP) is 1.58. The zero-order valence-corrected chi connectivity index (χ0v) is 6.16. The fraction of sp³-hybridized carbons (Fsp3) is 0.778. The molecule has 0 aromatic heterocycles. The van der Waals surface area contributed by atoms with Gasteiger partial charge in [0.25, 0.3) is 0 Å². The first-order valence-corrected chi connectivity index (χ1v) is 4.19. The lowest BCUT2D eigenvalue weighted by Gasteiger charge is -2.36. The van der Waals surface area contributed by atoms with E-state index < -0.39 is 0 Å². The third kappa shape index (κ3) is 0.891. The van der Waals surface area contributed by atoms with Crippen LogP contribution < -0.4 is 0 Å². The molecule has 0 aromatic carbocycles. The van der Waals surface area contributed by atoms with E-state index in [2.05, 4.69) is 12.2 Å². The molecule has 0 saturated heterocycles. The predicted molar refractivity (Wildman–Crippen MR) is 40.5 cm³/mol. The van der Waals surface area contributed by atoms with Crippen LogP contribution in [0.4, 0.5) is 0 Å². The second-order valence-corrected chi connectivity index (χ2v) is 3.56. The maximum absolute atomic E-state index is 8.98. The second-order valence-electron chi connectivity index (χ2n) is 3.56. The van der Waals surface area contributed by atoms with Crippen molar-refractivity contribution in [2.24, 2.45) is 17.8 Å².